The molecule has 0 saturated heterocycles. The summed E-state index contributed by atoms with van der Waals surface area (Å²) in [7, 11) is 3.36. The number of carbonyl (C=O) groups is 1. The Bertz CT molecular complexity index is 404. The fourth-order valence-corrected chi connectivity index (χ4v) is 1.72. The number of amides is 1. The van der Waals surface area contributed by atoms with Gasteiger partial charge in [0.1, 0.15) is 5.75 Å². The smallest absolute Gasteiger partial charge is 0.278 e. The van der Waals surface area contributed by atoms with Crippen LogP contribution in [0.3, 0.4) is 0 Å². The van der Waals surface area contributed by atoms with E-state index in [9.17, 15) is 4.79 Å². The number of hydrogen-bond acceptors (Lipinski definition) is 2. The predicted octanol–water partition coefficient (Wildman–Crippen LogP) is 2.79. The van der Waals surface area contributed by atoms with Crippen molar-refractivity contribution in [3.63, 3.8) is 0 Å². The van der Waals surface area contributed by atoms with Crippen LogP contribution in [0, 0.1) is 13.8 Å². The molecule has 1 aromatic rings. The highest BCUT2D eigenvalue weighted by atomic mass is 32.1. The molecule has 0 aliphatic carbocycles. The Labute approximate surface area is 102 Å². The molecule has 3 nitrogen and oxygen atoms in total. The summed E-state index contributed by atoms with van der Waals surface area (Å²) in [4.78, 5) is 12.6. The number of carbonyl (C=O) groups excluding carboxylic acids is 1. The number of nitrogens with zero attached hydrogens (tertiary/aromatic N) is 1. The van der Waals surface area contributed by atoms with E-state index < -0.39 is 0 Å². The van der Waals surface area contributed by atoms with E-state index >= 15 is 0 Å². The predicted molar refractivity (Wildman–Crippen MR) is 68.3 cm³/mol. The number of thiol groups is 1. The highest BCUT2D eigenvalue weighted by Gasteiger charge is 2.12. The van der Waals surface area contributed by atoms with Crippen LogP contribution < -0.4 is 4.74 Å². The van der Waals surface area contributed by atoms with Crippen molar-refractivity contribution >= 4 is 17.9 Å². The van der Waals surface area contributed by atoms with Crippen molar-refractivity contribution in [1.29, 1.82) is 0 Å². The Balaban J connectivity index is 3.07. The van der Waals surface area contributed by atoms with Gasteiger partial charge in [-0.25, -0.2) is 0 Å². The van der Waals surface area contributed by atoms with Crippen molar-refractivity contribution in [3.05, 3.63) is 28.8 Å². The van der Waals surface area contributed by atoms with E-state index in [-0.39, 0.29) is 5.24 Å². The number of rotatable bonds is 3. The van der Waals surface area contributed by atoms with Crippen molar-refractivity contribution in [2.75, 3.05) is 14.2 Å². The number of aryl methyl sites for hydroxylation is 2. The van der Waals surface area contributed by atoms with Gasteiger partial charge in [-0.2, -0.15) is 0 Å². The SMILES string of the molecule is COc1cc(C)cc(C)c1CN(C)C(=O)S. The normalized spacial score (nSPS) is 10.1. The minimum atomic E-state index is -0.248. The summed E-state index contributed by atoms with van der Waals surface area (Å²) >= 11 is 3.79. The Hall–Kier alpha value is -1.16. The summed E-state index contributed by atoms with van der Waals surface area (Å²) in [6.45, 7) is 4.55. The van der Waals surface area contributed by atoms with Gasteiger partial charge in [-0.05, 0) is 31.0 Å². The van der Waals surface area contributed by atoms with Crippen molar-refractivity contribution in [3.8, 4) is 5.75 Å². The fraction of sp³-hybridized carbons (Fsp3) is 0.417. The number of hydrogen-bond donors (Lipinski definition) is 1. The first-order chi connectivity index (χ1) is 7.45. The molecular formula is C12H17NO2S. The molecule has 0 aliphatic rings. The molecule has 0 N–H and O–H groups in total. The number of ether oxygens (including phenoxy) is 1. The van der Waals surface area contributed by atoms with E-state index in [4.69, 9.17) is 4.74 Å². The largest absolute Gasteiger partial charge is 0.496 e. The lowest BCUT2D eigenvalue weighted by atomic mass is 10.0. The third-order valence-electron chi connectivity index (χ3n) is 2.52. The van der Waals surface area contributed by atoms with Gasteiger partial charge in [0.05, 0.1) is 13.7 Å². The molecule has 0 heterocycles. The number of benzene rings is 1. The molecule has 88 valence electrons. The molecule has 4 heteroatoms. The summed E-state index contributed by atoms with van der Waals surface area (Å²) in [6.07, 6.45) is 0. The average Bonchev–Trinajstić information content (AvgIpc) is 2.21. The lowest BCUT2D eigenvalue weighted by molar-refractivity contribution is 0.231. The van der Waals surface area contributed by atoms with Gasteiger partial charge in [-0.3, -0.25) is 4.79 Å². The Kier molecular flexibility index (Phi) is 4.24. The maximum Gasteiger partial charge on any atom is 0.278 e. The zero-order chi connectivity index (χ0) is 12.3. The minimum absolute atomic E-state index is 0.248. The van der Waals surface area contributed by atoms with Crippen LogP contribution in [0.1, 0.15) is 16.7 Å². The number of methoxy groups -OCH3 is 1. The molecule has 0 unspecified atom stereocenters. The summed E-state index contributed by atoms with van der Waals surface area (Å²) in [5, 5.41) is -0.248. The van der Waals surface area contributed by atoms with E-state index in [1.165, 1.54) is 0 Å². The van der Waals surface area contributed by atoms with E-state index in [0.29, 0.717) is 6.54 Å². The van der Waals surface area contributed by atoms with Crippen molar-refractivity contribution in [2.45, 2.75) is 20.4 Å². The van der Waals surface area contributed by atoms with Crippen molar-refractivity contribution < 1.29 is 9.53 Å². The highest BCUT2D eigenvalue weighted by Crippen LogP contribution is 2.25. The van der Waals surface area contributed by atoms with Crippen LogP contribution in [-0.4, -0.2) is 24.3 Å². The molecule has 1 aromatic carbocycles. The van der Waals surface area contributed by atoms with Gasteiger partial charge in [-0.1, -0.05) is 18.7 Å². The second kappa shape index (κ2) is 5.25. The first kappa shape index (κ1) is 12.9. The van der Waals surface area contributed by atoms with Crippen LogP contribution in [-0.2, 0) is 6.54 Å². The van der Waals surface area contributed by atoms with Gasteiger partial charge in [0.15, 0.2) is 0 Å². The van der Waals surface area contributed by atoms with Gasteiger partial charge >= 0.3 is 0 Å². The molecule has 16 heavy (non-hydrogen) atoms. The molecule has 1 amide bonds. The summed E-state index contributed by atoms with van der Waals surface area (Å²) in [5.74, 6) is 0.818. The summed E-state index contributed by atoms with van der Waals surface area (Å²) in [5.41, 5.74) is 3.30. The van der Waals surface area contributed by atoms with Crippen LogP contribution in [0.2, 0.25) is 0 Å². The van der Waals surface area contributed by atoms with Gasteiger partial charge in [0.2, 0.25) is 0 Å². The maximum atomic E-state index is 11.1. The zero-order valence-electron chi connectivity index (χ0n) is 10.1. The molecule has 0 spiro atoms. The molecule has 0 fully saturated rings. The summed E-state index contributed by atoms with van der Waals surface area (Å²) in [6, 6.07) is 4.05. The standard InChI is InChI=1S/C12H17NO2S/c1-8-5-9(2)10(11(6-8)15-4)7-13(3)12(14)16/h5-6H,7H2,1-4H3,(H,14,16). The second-order valence-corrected chi connectivity index (χ2v) is 4.28. The monoisotopic (exact) mass is 239 g/mol. The van der Waals surface area contributed by atoms with Crippen molar-refractivity contribution in [2.24, 2.45) is 0 Å². The quantitative estimate of drug-likeness (QED) is 0.822. The molecular weight excluding hydrogens is 222 g/mol. The van der Waals surface area contributed by atoms with E-state index in [1.807, 2.05) is 19.9 Å². The van der Waals surface area contributed by atoms with Crippen LogP contribution in [0.15, 0.2) is 12.1 Å². The maximum absolute atomic E-state index is 11.1. The van der Waals surface area contributed by atoms with Crippen LogP contribution in [0.5, 0.6) is 5.75 Å². The van der Waals surface area contributed by atoms with Crippen LogP contribution in [0.25, 0.3) is 0 Å². The van der Waals surface area contributed by atoms with Crippen LogP contribution >= 0.6 is 12.6 Å². The average molecular weight is 239 g/mol. The third kappa shape index (κ3) is 2.92. The Morgan fingerprint density at radius 2 is 2.06 bits per heavy atom. The first-order valence-electron chi connectivity index (χ1n) is 5.04. The molecule has 0 aromatic heterocycles. The molecule has 0 aliphatic heterocycles. The van der Waals surface area contributed by atoms with Crippen molar-refractivity contribution in [1.82, 2.24) is 4.90 Å². The lowest BCUT2D eigenvalue weighted by Crippen LogP contribution is -2.21. The second-order valence-electron chi connectivity index (χ2n) is 3.90. The summed E-state index contributed by atoms with van der Waals surface area (Å²) < 4.78 is 5.32. The van der Waals surface area contributed by atoms with E-state index in [2.05, 4.69) is 18.7 Å². The van der Waals surface area contributed by atoms with Crippen LogP contribution in [0.4, 0.5) is 4.79 Å². The Morgan fingerprint density at radius 3 is 2.56 bits per heavy atom. The Morgan fingerprint density at radius 1 is 1.44 bits per heavy atom. The molecule has 0 radical (unpaired) electrons. The minimum Gasteiger partial charge on any atom is -0.496 e. The van der Waals surface area contributed by atoms with E-state index in [1.54, 1.807) is 19.1 Å². The first-order valence-corrected chi connectivity index (χ1v) is 5.48. The lowest BCUT2D eigenvalue weighted by Gasteiger charge is -2.18. The third-order valence-corrected chi connectivity index (χ3v) is 2.86. The van der Waals surface area contributed by atoms with Gasteiger partial charge in [-0.15, -0.1) is 0 Å². The van der Waals surface area contributed by atoms with Gasteiger partial charge in [0, 0.05) is 12.6 Å². The molecule has 0 bridgehead atoms. The zero-order valence-corrected chi connectivity index (χ0v) is 11.0. The van der Waals surface area contributed by atoms with Gasteiger partial charge < -0.3 is 9.64 Å². The molecule has 1 rings (SSSR count). The van der Waals surface area contributed by atoms with Gasteiger partial charge in [0.25, 0.3) is 5.24 Å². The van der Waals surface area contributed by atoms with E-state index in [0.717, 1.165) is 22.4 Å². The fourth-order valence-electron chi connectivity index (χ4n) is 1.65. The molecule has 0 atom stereocenters. The molecule has 0 saturated carbocycles. The topological polar surface area (TPSA) is 29.5 Å². The highest BCUT2D eigenvalue weighted by molar-refractivity contribution is 7.96.